The molecule has 1 saturated carbocycles. The minimum absolute atomic E-state index is 0.00804. The predicted octanol–water partition coefficient (Wildman–Crippen LogP) is 4.87. The molecular formula is C22H21N3O3. The molecular weight excluding hydrogens is 354 g/mol. The van der Waals surface area contributed by atoms with Crippen molar-refractivity contribution in [2.75, 3.05) is 5.32 Å². The normalized spacial score (nSPS) is 25.3. The van der Waals surface area contributed by atoms with Gasteiger partial charge in [0, 0.05) is 5.69 Å². The van der Waals surface area contributed by atoms with Gasteiger partial charge in [-0.15, -0.1) is 0 Å². The van der Waals surface area contributed by atoms with E-state index in [0.717, 1.165) is 17.7 Å². The number of amides is 1. The largest absolute Gasteiger partial charge is 0.481 e. The molecule has 2 aromatic carbocycles. The lowest BCUT2D eigenvalue weighted by molar-refractivity contribution is -0.146. The van der Waals surface area contributed by atoms with Crippen molar-refractivity contribution < 1.29 is 14.7 Å². The van der Waals surface area contributed by atoms with E-state index in [2.05, 4.69) is 15.5 Å². The van der Waals surface area contributed by atoms with Crippen molar-refractivity contribution in [2.45, 2.75) is 13.3 Å². The summed E-state index contributed by atoms with van der Waals surface area (Å²) in [5.41, 5.74) is 3.22. The number of nitrogens with one attached hydrogen (secondary N) is 1. The topological polar surface area (TPSA) is 91.1 Å². The number of carboxylic acids is 1. The van der Waals surface area contributed by atoms with Crippen LogP contribution in [0.2, 0.25) is 0 Å². The molecule has 2 aliphatic carbocycles. The van der Waals surface area contributed by atoms with Crippen molar-refractivity contribution in [1.82, 2.24) is 0 Å². The zero-order valence-electron chi connectivity index (χ0n) is 15.4. The molecule has 0 heterocycles. The van der Waals surface area contributed by atoms with Crippen LogP contribution in [0, 0.1) is 30.6 Å². The minimum Gasteiger partial charge on any atom is -0.481 e. The van der Waals surface area contributed by atoms with Crippen molar-refractivity contribution in [1.29, 1.82) is 0 Å². The molecule has 28 heavy (non-hydrogen) atoms. The first kappa shape index (κ1) is 18.1. The molecule has 0 aliphatic heterocycles. The van der Waals surface area contributed by atoms with Crippen molar-refractivity contribution >= 4 is 28.9 Å². The third kappa shape index (κ3) is 3.58. The van der Waals surface area contributed by atoms with Crippen LogP contribution >= 0.6 is 0 Å². The molecule has 2 bridgehead atoms. The Morgan fingerprint density at radius 1 is 0.893 bits per heavy atom. The van der Waals surface area contributed by atoms with E-state index in [1.54, 1.807) is 24.3 Å². The molecule has 1 fully saturated rings. The Labute approximate surface area is 163 Å². The molecule has 6 heteroatoms. The summed E-state index contributed by atoms with van der Waals surface area (Å²) in [4.78, 5) is 24.3. The van der Waals surface area contributed by atoms with Crippen LogP contribution in [-0.4, -0.2) is 17.0 Å². The van der Waals surface area contributed by atoms with Gasteiger partial charge in [0.1, 0.15) is 0 Å². The number of rotatable bonds is 5. The van der Waals surface area contributed by atoms with E-state index in [1.807, 2.05) is 43.3 Å². The molecule has 6 nitrogen and oxygen atoms in total. The number of benzene rings is 2. The van der Waals surface area contributed by atoms with Gasteiger partial charge in [-0.2, -0.15) is 10.2 Å². The molecule has 1 amide bonds. The lowest BCUT2D eigenvalue weighted by Crippen LogP contribution is -2.36. The molecule has 0 aromatic heterocycles. The fraction of sp³-hybridized carbons (Fsp3) is 0.273. The first-order valence-corrected chi connectivity index (χ1v) is 9.32. The van der Waals surface area contributed by atoms with E-state index < -0.39 is 17.8 Å². The van der Waals surface area contributed by atoms with Crippen molar-refractivity contribution in [2.24, 2.45) is 33.9 Å². The van der Waals surface area contributed by atoms with E-state index in [-0.39, 0.29) is 17.7 Å². The SMILES string of the molecule is Cc1ccc(N=Nc2ccc(NC(=O)[C@@H]3[C@H](C(=O)O)[C@H]4C=C[C@H]3C4)cc2)cc1. The van der Waals surface area contributed by atoms with Crippen molar-refractivity contribution in [3.63, 3.8) is 0 Å². The highest BCUT2D eigenvalue weighted by Gasteiger charge is 2.51. The Bertz CT molecular complexity index is 948. The zero-order valence-corrected chi connectivity index (χ0v) is 15.4. The number of allylic oxidation sites excluding steroid dienone is 2. The molecule has 0 spiro atoms. The highest BCUT2D eigenvalue weighted by molar-refractivity contribution is 5.96. The molecule has 2 aliphatic rings. The van der Waals surface area contributed by atoms with Crippen LogP contribution in [0.4, 0.5) is 17.1 Å². The highest BCUT2D eigenvalue weighted by Crippen LogP contribution is 2.48. The molecule has 2 N–H and O–H groups in total. The molecule has 142 valence electrons. The van der Waals surface area contributed by atoms with Gasteiger partial charge in [0.25, 0.3) is 0 Å². The van der Waals surface area contributed by atoms with Gasteiger partial charge in [-0.3, -0.25) is 9.59 Å². The zero-order chi connectivity index (χ0) is 19.7. The Hall–Kier alpha value is -3.28. The lowest BCUT2D eigenvalue weighted by atomic mass is 9.82. The van der Waals surface area contributed by atoms with E-state index >= 15 is 0 Å². The summed E-state index contributed by atoms with van der Waals surface area (Å²) < 4.78 is 0. The third-order valence-electron chi connectivity index (χ3n) is 5.50. The number of hydrogen-bond donors (Lipinski definition) is 2. The van der Waals surface area contributed by atoms with Gasteiger partial charge in [0.15, 0.2) is 0 Å². The second-order valence-electron chi connectivity index (χ2n) is 7.41. The number of hydrogen-bond acceptors (Lipinski definition) is 4. The molecule has 2 aromatic rings. The Kier molecular flexibility index (Phi) is 4.77. The van der Waals surface area contributed by atoms with Crippen LogP contribution in [-0.2, 0) is 9.59 Å². The van der Waals surface area contributed by atoms with Gasteiger partial charge in [-0.05, 0) is 61.6 Å². The summed E-state index contributed by atoms with van der Waals surface area (Å²) in [5.74, 6) is -2.33. The second kappa shape index (κ2) is 7.38. The van der Waals surface area contributed by atoms with Gasteiger partial charge < -0.3 is 10.4 Å². The molecule has 4 rings (SSSR count). The van der Waals surface area contributed by atoms with Gasteiger partial charge in [0.2, 0.25) is 5.91 Å². The monoisotopic (exact) mass is 375 g/mol. The Balaban J connectivity index is 1.42. The summed E-state index contributed by atoms with van der Waals surface area (Å²) >= 11 is 0. The standard InChI is InChI=1S/C22H21N3O3/c1-13-2-6-17(7-3-13)24-25-18-10-8-16(9-11-18)23-21(26)19-14-4-5-15(12-14)20(19)22(27)28/h2-11,14-15,19-20H,12H2,1H3,(H,23,26)(H,27,28)/t14-,15-,19-,20+/m0/s1. The van der Waals surface area contributed by atoms with Crippen LogP contribution in [0.15, 0.2) is 70.9 Å². The maximum Gasteiger partial charge on any atom is 0.307 e. The number of anilines is 1. The van der Waals surface area contributed by atoms with Gasteiger partial charge in [-0.1, -0.05) is 29.8 Å². The first-order valence-electron chi connectivity index (χ1n) is 9.32. The van der Waals surface area contributed by atoms with E-state index in [0.29, 0.717) is 11.4 Å². The van der Waals surface area contributed by atoms with Gasteiger partial charge >= 0.3 is 5.97 Å². The number of aryl methyl sites for hydroxylation is 1. The van der Waals surface area contributed by atoms with Crippen molar-refractivity contribution in [3.05, 3.63) is 66.2 Å². The summed E-state index contributed by atoms with van der Waals surface area (Å²) in [6.45, 7) is 2.01. The third-order valence-corrected chi connectivity index (χ3v) is 5.50. The molecule has 4 atom stereocenters. The lowest BCUT2D eigenvalue weighted by Gasteiger charge is -2.23. The number of carboxylic acid groups (broad SMARTS) is 1. The number of carbonyl (C=O) groups excluding carboxylic acids is 1. The fourth-order valence-electron chi connectivity index (χ4n) is 4.08. The summed E-state index contributed by atoms with van der Waals surface area (Å²) in [7, 11) is 0. The maximum atomic E-state index is 12.7. The summed E-state index contributed by atoms with van der Waals surface area (Å²) in [6, 6.07) is 14.8. The fourth-order valence-corrected chi connectivity index (χ4v) is 4.08. The molecule has 0 unspecified atom stereocenters. The Morgan fingerprint density at radius 3 is 2.00 bits per heavy atom. The Morgan fingerprint density at radius 2 is 1.43 bits per heavy atom. The average molecular weight is 375 g/mol. The number of azo groups is 1. The quantitative estimate of drug-likeness (QED) is 0.577. The summed E-state index contributed by atoms with van der Waals surface area (Å²) in [5, 5.41) is 20.7. The number of aliphatic carboxylic acids is 1. The number of nitrogens with zero attached hydrogens (tertiary/aromatic N) is 2. The van der Waals surface area contributed by atoms with Crippen molar-refractivity contribution in [3.8, 4) is 0 Å². The van der Waals surface area contributed by atoms with Crippen LogP contribution in [0.5, 0.6) is 0 Å². The van der Waals surface area contributed by atoms with E-state index in [4.69, 9.17) is 0 Å². The first-order chi connectivity index (χ1) is 13.5. The van der Waals surface area contributed by atoms with Crippen LogP contribution < -0.4 is 5.32 Å². The van der Waals surface area contributed by atoms with Gasteiger partial charge in [0.05, 0.1) is 23.2 Å². The average Bonchev–Trinajstić information content (AvgIpc) is 3.30. The summed E-state index contributed by atoms with van der Waals surface area (Å²) in [6.07, 6.45) is 4.65. The minimum atomic E-state index is -0.899. The van der Waals surface area contributed by atoms with Gasteiger partial charge in [-0.25, -0.2) is 0 Å². The van der Waals surface area contributed by atoms with Crippen LogP contribution in [0.3, 0.4) is 0 Å². The van der Waals surface area contributed by atoms with E-state index in [1.165, 1.54) is 0 Å². The van der Waals surface area contributed by atoms with E-state index in [9.17, 15) is 14.7 Å². The highest BCUT2D eigenvalue weighted by atomic mass is 16.4. The smallest absolute Gasteiger partial charge is 0.307 e. The van der Waals surface area contributed by atoms with Crippen LogP contribution in [0.1, 0.15) is 12.0 Å². The maximum absolute atomic E-state index is 12.7. The second-order valence-corrected chi connectivity index (χ2v) is 7.41. The van der Waals surface area contributed by atoms with Crippen LogP contribution in [0.25, 0.3) is 0 Å². The molecule has 0 radical (unpaired) electrons. The molecule has 0 saturated heterocycles. The predicted molar refractivity (Wildman–Crippen MR) is 106 cm³/mol. The number of carbonyl (C=O) groups is 2. The number of fused-ring (bicyclic) bond motifs is 2.